The fraction of sp³-hybridized carbons (Fsp3) is 0.615. The van der Waals surface area contributed by atoms with Crippen molar-refractivity contribution in [2.75, 3.05) is 12.9 Å². The number of aryl methyl sites for hydroxylation is 1. The molecule has 0 aliphatic heterocycles. The second kappa shape index (κ2) is 8.71. The van der Waals surface area contributed by atoms with Crippen LogP contribution in [-0.4, -0.2) is 59.9 Å². The minimum absolute atomic E-state index is 0.249. The Morgan fingerprint density at radius 2 is 1.81 bits per heavy atom. The van der Waals surface area contributed by atoms with Crippen molar-refractivity contribution in [1.82, 2.24) is 9.55 Å². The Hall–Kier alpha value is -2.54. The van der Waals surface area contributed by atoms with Crippen molar-refractivity contribution in [1.29, 1.82) is 0 Å². The van der Waals surface area contributed by atoms with Gasteiger partial charge in [-0.15, -0.1) is 0 Å². The van der Waals surface area contributed by atoms with Crippen molar-refractivity contribution in [3.05, 3.63) is 22.1 Å². The van der Waals surface area contributed by atoms with E-state index in [1.54, 1.807) is 0 Å². The van der Waals surface area contributed by atoms with Crippen LogP contribution in [0.5, 0.6) is 0 Å². The van der Waals surface area contributed by atoms with E-state index in [1.807, 2.05) is 0 Å². The molecule has 1 heterocycles. The molecular formula is C13H19N3O9S. The summed E-state index contributed by atoms with van der Waals surface area (Å²) in [5, 5.41) is 11.1. The van der Waals surface area contributed by atoms with Crippen LogP contribution in [0.4, 0.5) is 5.82 Å². The van der Waals surface area contributed by atoms with Crippen molar-refractivity contribution in [3.63, 3.8) is 0 Å². The maximum absolute atomic E-state index is 11.4. The zero-order valence-corrected chi connectivity index (χ0v) is 15.4. The van der Waals surface area contributed by atoms with Gasteiger partial charge in [0, 0.05) is 20.8 Å². The molecule has 0 N–H and O–H groups in total. The summed E-state index contributed by atoms with van der Waals surface area (Å²) in [5.74, 6) is -1.65. The monoisotopic (exact) mass is 393 g/mol. The molecule has 12 nitrogen and oxygen atoms in total. The highest BCUT2D eigenvalue weighted by Crippen LogP contribution is 2.18. The number of aromatic nitrogens is 2. The normalized spacial score (nSPS) is 13.7. The van der Waals surface area contributed by atoms with E-state index in [9.17, 15) is 28.1 Å². The standard InChI is InChI=1S/C13H19N3O9S/c1-8-14-5-13(16(19)20)15(8)6-11(24-9(2)17)12(25-10(3)18)7-23-26(4,21)22/h5,11-12H,6-7H2,1-4H3. The van der Waals surface area contributed by atoms with Crippen LogP contribution >= 0.6 is 0 Å². The van der Waals surface area contributed by atoms with E-state index in [-0.39, 0.29) is 18.2 Å². The molecule has 0 saturated carbocycles. The van der Waals surface area contributed by atoms with Gasteiger partial charge in [0.1, 0.15) is 19.3 Å². The number of nitro groups is 1. The minimum Gasteiger partial charge on any atom is -0.456 e. The Kier molecular flexibility index (Phi) is 7.20. The lowest BCUT2D eigenvalue weighted by molar-refractivity contribution is -0.392. The average molecular weight is 393 g/mol. The highest BCUT2D eigenvalue weighted by atomic mass is 32.2. The molecule has 0 bridgehead atoms. The molecule has 0 aliphatic rings. The maximum atomic E-state index is 11.4. The molecule has 0 spiro atoms. The summed E-state index contributed by atoms with van der Waals surface area (Å²) in [5.41, 5.74) is 0. The number of carbonyl (C=O) groups excluding carboxylic acids is 2. The van der Waals surface area contributed by atoms with E-state index >= 15 is 0 Å². The van der Waals surface area contributed by atoms with Crippen LogP contribution in [-0.2, 0) is 39.9 Å². The number of hydrogen-bond acceptors (Lipinski definition) is 10. The van der Waals surface area contributed by atoms with Gasteiger partial charge in [0.15, 0.2) is 18.0 Å². The Bertz CT molecular complexity index is 787. The molecule has 146 valence electrons. The lowest BCUT2D eigenvalue weighted by Crippen LogP contribution is -2.41. The molecule has 0 saturated heterocycles. The van der Waals surface area contributed by atoms with Gasteiger partial charge in [0.25, 0.3) is 10.1 Å². The fourth-order valence-electron chi connectivity index (χ4n) is 2.07. The third-order valence-electron chi connectivity index (χ3n) is 3.08. The van der Waals surface area contributed by atoms with Gasteiger partial charge >= 0.3 is 17.8 Å². The first-order valence-corrected chi connectivity index (χ1v) is 9.07. The zero-order chi connectivity index (χ0) is 20.1. The molecule has 1 aromatic heterocycles. The summed E-state index contributed by atoms with van der Waals surface area (Å²) >= 11 is 0. The van der Waals surface area contributed by atoms with Crippen LogP contribution in [0.2, 0.25) is 0 Å². The molecule has 0 amide bonds. The van der Waals surface area contributed by atoms with E-state index in [4.69, 9.17) is 9.47 Å². The number of rotatable bonds is 9. The predicted octanol–water partition coefficient (Wildman–Crippen LogP) is -0.0607. The lowest BCUT2D eigenvalue weighted by Gasteiger charge is -2.25. The van der Waals surface area contributed by atoms with E-state index in [1.165, 1.54) is 6.92 Å². The first-order chi connectivity index (χ1) is 11.9. The van der Waals surface area contributed by atoms with Crippen LogP contribution in [0, 0.1) is 17.0 Å². The van der Waals surface area contributed by atoms with Crippen LogP contribution in [0.3, 0.4) is 0 Å². The second-order valence-electron chi connectivity index (χ2n) is 5.32. The smallest absolute Gasteiger partial charge is 0.342 e. The summed E-state index contributed by atoms with van der Waals surface area (Å²) in [6.45, 7) is 2.73. The van der Waals surface area contributed by atoms with Crippen molar-refractivity contribution in [3.8, 4) is 0 Å². The van der Waals surface area contributed by atoms with Crippen LogP contribution in [0.1, 0.15) is 19.7 Å². The van der Waals surface area contributed by atoms with Gasteiger partial charge in [-0.1, -0.05) is 0 Å². The SMILES string of the molecule is CC(=O)OC(COS(C)(=O)=O)C(Cn1c([N+](=O)[O-])cnc1C)OC(C)=O. The Labute approximate surface area is 149 Å². The third-order valence-corrected chi connectivity index (χ3v) is 3.64. The average Bonchev–Trinajstić information content (AvgIpc) is 2.82. The molecule has 1 aromatic rings. The lowest BCUT2D eigenvalue weighted by atomic mass is 10.2. The van der Waals surface area contributed by atoms with Gasteiger partial charge in [-0.25, -0.2) is 9.55 Å². The summed E-state index contributed by atoms with van der Waals surface area (Å²) < 4.78 is 38.3. The number of hydrogen-bond donors (Lipinski definition) is 0. The molecule has 0 radical (unpaired) electrons. The Balaban J connectivity index is 3.18. The second-order valence-corrected chi connectivity index (χ2v) is 6.96. The first-order valence-electron chi connectivity index (χ1n) is 7.26. The van der Waals surface area contributed by atoms with Crippen molar-refractivity contribution < 1.29 is 36.6 Å². The van der Waals surface area contributed by atoms with E-state index in [0.29, 0.717) is 0 Å². The topological polar surface area (TPSA) is 157 Å². The number of imidazole rings is 1. The molecule has 1 rings (SSSR count). The van der Waals surface area contributed by atoms with Crippen molar-refractivity contribution in [2.24, 2.45) is 0 Å². The zero-order valence-electron chi connectivity index (χ0n) is 14.6. The molecular weight excluding hydrogens is 374 g/mol. The quantitative estimate of drug-likeness (QED) is 0.241. The summed E-state index contributed by atoms with van der Waals surface area (Å²) in [6, 6.07) is 0. The van der Waals surface area contributed by atoms with Gasteiger partial charge in [-0.2, -0.15) is 8.42 Å². The predicted molar refractivity (Wildman–Crippen MR) is 85.5 cm³/mol. The minimum atomic E-state index is -3.87. The van der Waals surface area contributed by atoms with E-state index in [0.717, 1.165) is 30.9 Å². The molecule has 0 fully saturated rings. The molecule has 2 unspecified atom stereocenters. The van der Waals surface area contributed by atoms with Gasteiger partial charge in [-0.3, -0.25) is 13.8 Å². The number of carbonyl (C=O) groups is 2. The highest BCUT2D eigenvalue weighted by molar-refractivity contribution is 7.85. The number of nitrogens with zero attached hydrogens (tertiary/aromatic N) is 3. The first kappa shape index (κ1) is 21.5. The molecule has 26 heavy (non-hydrogen) atoms. The Morgan fingerprint density at radius 1 is 1.27 bits per heavy atom. The summed E-state index contributed by atoms with van der Waals surface area (Å²) in [7, 11) is -3.87. The maximum Gasteiger partial charge on any atom is 0.342 e. The molecule has 2 atom stereocenters. The largest absolute Gasteiger partial charge is 0.456 e. The van der Waals surface area contributed by atoms with Crippen molar-refractivity contribution in [2.45, 2.75) is 39.5 Å². The van der Waals surface area contributed by atoms with Crippen LogP contribution < -0.4 is 0 Å². The van der Waals surface area contributed by atoms with Crippen molar-refractivity contribution >= 4 is 27.9 Å². The van der Waals surface area contributed by atoms with Gasteiger partial charge in [0.05, 0.1) is 6.26 Å². The molecule has 0 aliphatic carbocycles. The summed E-state index contributed by atoms with van der Waals surface area (Å²) in [6.07, 6.45) is -0.741. The fourth-order valence-corrected chi connectivity index (χ4v) is 2.45. The van der Waals surface area contributed by atoms with Crippen LogP contribution in [0.15, 0.2) is 6.20 Å². The van der Waals surface area contributed by atoms with E-state index in [2.05, 4.69) is 9.17 Å². The molecule has 13 heteroatoms. The summed E-state index contributed by atoms with van der Waals surface area (Å²) in [4.78, 5) is 36.9. The molecule has 0 aromatic carbocycles. The number of esters is 2. The number of ether oxygens (including phenoxy) is 2. The van der Waals surface area contributed by atoms with Gasteiger partial charge in [-0.05, 0) is 4.92 Å². The van der Waals surface area contributed by atoms with Crippen LogP contribution in [0.25, 0.3) is 0 Å². The van der Waals surface area contributed by atoms with Gasteiger partial charge in [0.2, 0.25) is 0 Å². The Morgan fingerprint density at radius 3 is 2.27 bits per heavy atom. The van der Waals surface area contributed by atoms with Gasteiger partial charge < -0.3 is 19.6 Å². The van der Waals surface area contributed by atoms with E-state index < -0.39 is 45.8 Å². The third kappa shape index (κ3) is 6.76. The highest BCUT2D eigenvalue weighted by Gasteiger charge is 2.33.